The summed E-state index contributed by atoms with van der Waals surface area (Å²) in [6.45, 7) is 4.40. The highest BCUT2D eigenvalue weighted by Crippen LogP contribution is 2.26. The van der Waals surface area contributed by atoms with E-state index in [9.17, 15) is 9.90 Å². The topological polar surface area (TPSA) is 49.3 Å². The molecule has 0 radical (unpaired) electrons. The van der Waals surface area contributed by atoms with E-state index in [4.69, 9.17) is 0 Å². The Balaban J connectivity index is 2.15. The van der Waals surface area contributed by atoms with Gasteiger partial charge in [-0.25, -0.2) is 0 Å². The summed E-state index contributed by atoms with van der Waals surface area (Å²) in [6, 6.07) is 13.3. The van der Waals surface area contributed by atoms with E-state index >= 15 is 0 Å². The largest absolute Gasteiger partial charge is 0.481 e. The Hall–Kier alpha value is -1.81. The maximum atomic E-state index is 11.5. The van der Waals surface area contributed by atoms with Gasteiger partial charge in [0.1, 0.15) is 0 Å². The number of carboxylic acids is 1. The van der Waals surface area contributed by atoms with Crippen LogP contribution in [0.15, 0.2) is 46.9 Å². The Morgan fingerprint density at radius 2 is 1.76 bits per heavy atom. The quantitative estimate of drug-likeness (QED) is 0.845. The van der Waals surface area contributed by atoms with Gasteiger partial charge in [0, 0.05) is 16.7 Å². The molecule has 2 aromatic carbocycles. The first-order valence-corrected chi connectivity index (χ1v) is 7.56. The molecule has 0 heterocycles. The van der Waals surface area contributed by atoms with Crippen molar-refractivity contribution in [2.45, 2.75) is 19.8 Å². The summed E-state index contributed by atoms with van der Waals surface area (Å²) in [7, 11) is 0. The summed E-state index contributed by atoms with van der Waals surface area (Å²) in [5.41, 5.74) is 4.01. The van der Waals surface area contributed by atoms with Crippen molar-refractivity contribution in [3.05, 3.63) is 63.6 Å². The molecule has 4 heteroatoms. The lowest BCUT2D eigenvalue weighted by atomic mass is 9.99. The van der Waals surface area contributed by atoms with Gasteiger partial charge in [0.2, 0.25) is 0 Å². The molecular weight excluding hydrogens is 330 g/mol. The number of hydrogen-bond acceptors (Lipinski definition) is 2. The van der Waals surface area contributed by atoms with Gasteiger partial charge in [-0.1, -0.05) is 46.3 Å². The fourth-order valence-corrected chi connectivity index (χ4v) is 2.53. The molecule has 0 saturated carbocycles. The number of carboxylic acid groups (broad SMARTS) is 1. The molecule has 0 aliphatic heterocycles. The molecule has 0 amide bonds. The van der Waals surface area contributed by atoms with E-state index in [1.807, 2.05) is 56.3 Å². The zero-order valence-corrected chi connectivity index (χ0v) is 13.6. The van der Waals surface area contributed by atoms with Gasteiger partial charge in [0.25, 0.3) is 0 Å². The first kappa shape index (κ1) is 15.6. The van der Waals surface area contributed by atoms with E-state index in [1.54, 1.807) is 0 Å². The molecule has 110 valence electrons. The van der Waals surface area contributed by atoms with Gasteiger partial charge in [-0.05, 0) is 42.7 Å². The Bertz CT molecular complexity index is 617. The number of halogens is 1. The Kier molecular flexibility index (Phi) is 5.02. The maximum absolute atomic E-state index is 11.5. The van der Waals surface area contributed by atoms with Gasteiger partial charge < -0.3 is 10.4 Å². The predicted octanol–water partition coefficient (Wildman–Crippen LogP) is 4.35. The number of anilines is 1. The van der Waals surface area contributed by atoms with Crippen LogP contribution in [-0.2, 0) is 4.79 Å². The SMILES string of the molecule is Cc1cc(NCC(C(=O)O)c2ccccc2)cc(C)c1Br. The molecule has 0 bridgehead atoms. The van der Waals surface area contributed by atoms with Crippen molar-refractivity contribution < 1.29 is 9.90 Å². The van der Waals surface area contributed by atoms with Crippen LogP contribution in [0.3, 0.4) is 0 Å². The van der Waals surface area contributed by atoms with Crippen LogP contribution in [0.5, 0.6) is 0 Å². The third-order valence-corrected chi connectivity index (χ3v) is 4.70. The van der Waals surface area contributed by atoms with Crippen molar-refractivity contribution in [2.75, 3.05) is 11.9 Å². The van der Waals surface area contributed by atoms with Crippen LogP contribution in [0.1, 0.15) is 22.6 Å². The van der Waals surface area contributed by atoms with Gasteiger partial charge in [-0.3, -0.25) is 4.79 Å². The van der Waals surface area contributed by atoms with Crippen molar-refractivity contribution in [3.63, 3.8) is 0 Å². The first-order chi connectivity index (χ1) is 9.99. The fraction of sp³-hybridized carbons (Fsp3) is 0.235. The lowest BCUT2D eigenvalue weighted by molar-refractivity contribution is -0.138. The molecule has 21 heavy (non-hydrogen) atoms. The van der Waals surface area contributed by atoms with Gasteiger partial charge in [0.05, 0.1) is 5.92 Å². The molecule has 1 atom stereocenters. The lowest BCUT2D eigenvalue weighted by Crippen LogP contribution is -2.21. The van der Waals surface area contributed by atoms with Crippen LogP contribution in [-0.4, -0.2) is 17.6 Å². The van der Waals surface area contributed by atoms with Gasteiger partial charge in [-0.15, -0.1) is 0 Å². The van der Waals surface area contributed by atoms with Crippen LogP contribution in [0.4, 0.5) is 5.69 Å². The van der Waals surface area contributed by atoms with E-state index in [2.05, 4.69) is 21.2 Å². The molecule has 0 saturated heterocycles. The average Bonchev–Trinajstić information content (AvgIpc) is 2.45. The summed E-state index contributed by atoms with van der Waals surface area (Å²) in [5, 5.41) is 12.6. The second-order valence-corrected chi connectivity index (χ2v) is 5.90. The zero-order valence-electron chi connectivity index (χ0n) is 12.1. The number of hydrogen-bond donors (Lipinski definition) is 2. The lowest BCUT2D eigenvalue weighted by Gasteiger charge is -2.16. The van der Waals surface area contributed by atoms with Gasteiger partial charge in [0.15, 0.2) is 0 Å². The van der Waals surface area contributed by atoms with Crippen molar-refractivity contribution >= 4 is 27.6 Å². The second kappa shape index (κ2) is 6.76. The molecular formula is C17H18BrNO2. The minimum absolute atomic E-state index is 0.361. The summed E-state index contributed by atoms with van der Waals surface area (Å²) in [6.07, 6.45) is 0. The summed E-state index contributed by atoms with van der Waals surface area (Å²) in [4.78, 5) is 11.5. The molecule has 3 nitrogen and oxygen atoms in total. The van der Waals surface area contributed by atoms with E-state index < -0.39 is 11.9 Å². The summed E-state index contributed by atoms with van der Waals surface area (Å²) >= 11 is 3.53. The zero-order chi connectivity index (χ0) is 15.4. The van der Waals surface area contributed by atoms with Gasteiger partial charge >= 0.3 is 5.97 Å². The molecule has 0 aromatic heterocycles. The number of carbonyl (C=O) groups is 1. The monoisotopic (exact) mass is 347 g/mol. The van der Waals surface area contributed by atoms with E-state index in [1.165, 1.54) is 0 Å². The van der Waals surface area contributed by atoms with E-state index in [-0.39, 0.29) is 0 Å². The summed E-state index contributed by atoms with van der Waals surface area (Å²) in [5.74, 6) is -1.38. The molecule has 2 N–H and O–H groups in total. The van der Waals surface area contributed by atoms with Crippen molar-refractivity contribution in [3.8, 4) is 0 Å². The van der Waals surface area contributed by atoms with Crippen LogP contribution < -0.4 is 5.32 Å². The first-order valence-electron chi connectivity index (χ1n) is 6.77. The normalized spacial score (nSPS) is 12.0. The number of aliphatic carboxylic acids is 1. The Morgan fingerprint density at radius 3 is 2.29 bits per heavy atom. The highest BCUT2D eigenvalue weighted by Gasteiger charge is 2.19. The third kappa shape index (κ3) is 3.85. The molecule has 0 spiro atoms. The smallest absolute Gasteiger partial charge is 0.312 e. The molecule has 0 aliphatic rings. The van der Waals surface area contributed by atoms with E-state index in [0.29, 0.717) is 6.54 Å². The predicted molar refractivity (Wildman–Crippen MR) is 88.9 cm³/mol. The second-order valence-electron chi connectivity index (χ2n) is 5.11. The van der Waals surface area contributed by atoms with Crippen LogP contribution in [0.2, 0.25) is 0 Å². The average molecular weight is 348 g/mol. The van der Waals surface area contributed by atoms with Crippen molar-refractivity contribution in [1.29, 1.82) is 0 Å². The Morgan fingerprint density at radius 1 is 1.19 bits per heavy atom. The maximum Gasteiger partial charge on any atom is 0.312 e. The van der Waals surface area contributed by atoms with Crippen LogP contribution >= 0.6 is 15.9 Å². The molecule has 2 aromatic rings. The molecule has 1 unspecified atom stereocenters. The number of benzene rings is 2. The Labute approximate surface area is 133 Å². The van der Waals surface area contributed by atoms with Gasteiger partial charge in [-0.2, -0.15) is 0 Å². The molecule has 2 rings (SSSR count). The standard InChI is InChI=1S/C17H18BrNO2/c1-11-8-14(9-12(2)16(11)18)19-10-15(17(20)21)13-6-4-3-5-7-13/h3-9,15,19H,10H2,1-2H3,(H,20,21). The van der Waals surface area contributed by atoms with E-state index in [0.717, 1.165) is 26.9 Å². The third-order valence-electron chi connectivity index (χ3n) is 3.45. The van der Waals surface area contributed by atoms with Crippen molar-refractivity contribution in [1.82, 2.24) is 0 Å². The minimum Gasteiger partial charge on any atom is -0.481 e. The highest BCUT2D eigenvalue weighted by atomic mass is 79.9. The number of rotatable bonds is 5. The fourth-order valence-electron chi connectivity index (χ4n) is 2.30. The molecule has 0 fully saturated rings. The summed E-state index contributed by atoms with van der Waals surface area (Å²) < 4.78 is 1.09. The van der Waals surface area contributed by atoms with Crippen LogP contribution in [0.25, 0.3) is 0 Å². The highest BCUT2D eigenvalue weighted by molar-refractivity contribution is 9.10. The number of aryl methyl sites for hydroxylation is 2. The molecule has 0 aliphatic carbocycles. The minimum atomic E-state index is -0.820. The van der Waals surface area contributed by atoms with Crippen molar-refractivity contribution in [2.24, 2.45) is 0 Å². The van der Waals surface area contributed by atoms with Crippen LogP contribution in [0, 0.1) is 13.8 Å². The number of nitrogens with one attached hydrogen (secondary N) is 1.